The summed E-state index contributed by atoms with van der Waals surface area (Å²) in [6.07, 6.45) is 0.887. The zero-order valence-electron chi connectivity index (χ0n) is 14.8. The molecule has 122 valence electrons. The van der Waals surface area contributed by atoms with Gasteiger partial charge in [-0.25, -0.2) is 0 Å². The minimum atomic E-state index is -0.296. The van der Waals surface area contributed by atoms with Crippen LogP contribution in [0.15, 0.2) is 0 Å². The predicted octanol–water partition coefficient (Wildman–Crippen LogP) is 5.07. The van der Waals surface area contributed by atoms with E-state index in [2.05, 4.69) is 53.8 Å². The van der Waals surface area contributed by atoms with Crippen molar-refractivity contribution in [2.45, 2.75) is 94.7 Å². The molecule has 1 atom stereocenters. The standard InChI is InChI=1S/C17H35NO.CH4/c1-12(2)17(9,10)11-13(18-16(6,7)8)14(19)15(3,4)5;/h12-13,18H,11H2,1-10H3;1H4. The summed E-state index contributed by atoms with van der Waals surface area (Å²) in [5.74, 6) is 0.876. The molecule has 0 radical (unpaired) electrons. The first-order chi connectivity index (χ1) is 8.17. The zero-order valence-corrected chi connectivity index (χ0v) is 14.8. The lowest BCUT2D eigenvalue weighted by Crippen LogP contribution is -2.52. The molecule has 0 aliphatic heterocycles. The van der Waals surface area contributed by atoms with Gasteiger partial charge in [0.05, 0.1) is 6.04 Å². The Bertz CT molecular complexity index is 302. The summed E-state index contributed by atoms with van der Waals surface area (Å²) < 4.78 is 0. The van der Waals surface area contributed by atoms with Gasteiger partial charge in [-0.2, -0.15) is 0 Å². The number of carbonyl (C=O) groups excluding carboxylic acids is 1. The van der Waals surface area contributed by atoms with Crippen molar-refractivity contribution in [3.8, 4) is 0 Å². The predicted molar refractivity (Wildman–Crippen MR) is 91.1 cm³/mol. The van der Waals surface area contributed by atoms with Crippen LogP contribution in [-0.4, -0.2) is 17.4 Å². The number of hydrogen-bond acceptors (Lipinski definition) is 2. The fraction of sp³-hybridized carbons (Fsp3) is 0.944. The lowest BCUT2D eigenvalue weighted by molar-refractivity contribution is -0.130. The second kappa shape index (κ2) is 7.06. The van der Waals surface area contributed by atoms with E-state index in [0.29, 0.717) is 11.7 Å². The molecule has 0 spiro atoms. The van der Waals surface area contributed by atoms with Crippen molar-refractivity contribution in [1.82, 2.24) is 5.32 Å². The lowest BCUT2D eigenvalue weighted by atomic mass is 9.72. The molecule has 0 heterocycles. The maximum atomic E-state index is 12.7. The monoisotopic (exact) mass is 285 g/mol. The van der Waals surface area contributed by atoms with Gasteiger partial charge in [0.25, 0.3) is 0 Å². The highest BCUT2D eigenvalue weighted by atomic mass is 16.1. The van der Waals surface area contributed by atoms with Crippen LogP contribution in [-0.2, 0) is 4.79 Å². The summed E-state index contributed by atoms with van der Waals surface area (Å²) in [5.41, 5.74) is -0.182. The Morgan fingerprint density at radius 3 is 1.60 bits per heavy atom. The fourth-order valence-corrected chi connectivity index (χ4v) is 2.02. The first-order valence-electron chi connectivity index (χ1n) is 7.49. The van der Waals surface area contributed by atoms with Crippen LogP contribution in [0.25, 0.3) is 0 Å². The van der Waals surface area contributed by atoms with Crippen LogP contribution in [0, 0.1) is 16.7 Å². The van der Waals surface area contributed by atoms with Crippen LogP contribution in [0.5, 0.6) is 0 Å². The fourth-order valence-electron chi connectivity index (χ4n) is 2.02. The molecular weight excluding hydrogens is 246 g/mol. The molecule has 0 bridgehead atoms. The molecule has 1 unspecified atom stereocenters. The normalized spacial score (nSPS) is 14.9. The summed E-state index contributed by atoms with van der Waals surface area (Å²) in [7, 11) is 0. The smallest absolute Gasteiger partial charge is 0.155 e. The number of nitrogens with one attached hydrogen (secondary N) is 1. The second-order valence-electron chi connectivity index (χ2n) is 8.91. The Balaban J connectivity index is 0. The van der Waals surface area contributed by atoms with Gasteiger partial charge < -0.3 is 5.32 Å². The first-order valence-corrected chi connectivity index (χ1v) is 7.49. The van der Waals surface area contributed by atoms with Gasteiger partial charge in [-0.3, -0.25) is 4.79 Å². The van der Waals surface area contributed by atoms with Crippen LogP contribution < -0.4 is 5.32 Å². The molecule has 1 N–H and O–H groups in total. The molecule has 0 aromatic heterocycles. The molecular formula is C18H39NO. The van der Waals surface area contributed by atoms with Crippen molar-refractivity contribution < 1.29 is 4.79 Å². The first kappa shape index (κ1) is 21.9. The van der Waals surface area contributed by atoms with Gasteiger partial charge in [0.15, 0.2) is 5.78 Å². The average molecular weight is 286 g/mol. The zero-order chi connectivity index (χ0) is 15.6. The number of Topliss-reactive ketones (excluding diaryl/α,β-unsaturated/α-hetero) is 1. The lowest BCUT2D eigenvalue weighted by Gasteiger charge is -2.38. The molecule has 0 fully saturated rings. The number of hydrogen-bond donors (Lipinski definition) is 1. The van der Waals surface area contributed by atoms with E-state index in [1.165, 1.54) is 0 Å². The molecule has 0 aliphatic carbocycles. The van der Waals surface area contributed by atoms with E-state index in [1.807, 2.05) is 20.8 Å². The van der Waals surface area contributed by atoms with E-state index in [0.717, 1.165) is 6.42 Å². The van der Waals surface area contributed by atoms with Crippen molar-refractivity contribution in [1.29, 1.82) is 0 Å². The number of rotatable bonds is 5. The van der Waals surface area contributed by atoms with Gasteiger partial charge in [0, 0.05) is 11.0 Å². The van der Waals surface area contributed by atoms with Crippen LogP contribution in [0.2, 0.25) is 0 Å². The summed E-state index contributed by atoms with van der Waals surface area (Å²) in [6.45, 7) is 21.4. The van der Waals surface area contributed by atoms with E-state index in [-0.39, 0.29) is 29.8 Å². The van der Waals surface area contributed by atoms with Crippen LogP contribution in [0.1, 0.15) is 83.1 Å². The van der Waals surface area contributed by atoms with Crippen molar-refractivity contribution in [3.63, 3.8) is 0 Å². The van der Waals surface area contributed by atoms with E-state index in [4.69, 9.17) is 0 Å². The van der Waals surface area contributed by atoms with Gasteiger partial charge in [0.2, 0.25) is 0 Å². The Labute approximate surface area is 128 Å². The maximum absolute atomic E-state index is 12.7. The van der Waals surface area contributed by atoms with Gasteiger partial charge >= 0.3 is 0 Å². The SMILES string of the molecule is C.CC(C)C(C)(C)CC(NC(C)(C)C)C(=O)C(C)(C)C. The van der Waals surface area contributed by atoms with Crippen molar-refractivity contribution >= 4 is 5.78 Å². The minimum absolute atomic E-state index is 0. The summed E-state index contributed by atoms with van der Waals surface area (Å²) in [4.78, 5) is 12.7. The minimum Gasteiger partial charge on any atom is -0.303 e. The Kier molecular flexibility index (Phi) is 7.74. The molecule has 0 saturated carbocycles. The third-order valence-corrected chi connectivity index (χ3v) is 3.96. The molecule has 0 saturated heterocycles. The molecule has 0 rings (SSSR count). The summed E-state index contributed by atoms with van der Waals surface area (Å²) in [5, 5.41) is 3.52. The highest BCUT2D eigenvalue weighted by Crippen LogP contribution is 2.34. The molecule has 2 nitrogen and oxygen atoms in total. The van der Waals surface area contributed by atoms with E-state index in [9.17, 15) is 4.79 Å². The second-order valence-corrected chi connectivity index (χ2v) is 8.91. The highest BCUT2D eigenvalue weighted by Gasteiger charge is 2.36. The van der Waals surface area contributed by atoms with Gasteiger partial charge in [-0.15, -0.1) is 0 Å². The summed E-state index contributed by atoms with van der Waals surface area (Å²) in [6, 6.07) is -0.0719. The Hall–Kier alpha value is -0.370. The van der Waals surface area contributed by atoms with Crippen molar-refractivity contribution in [2.24, 2.45) is 16.7 Å². The number of ketones is 1. The third-order valence-electron chi connectivity index (χ3n) is 3.96. The largest absolute Gasteiger partial charge is 0.303 e. The summed E-state index contributed by atoms with van der Waals surface area (Å²) >= 11 is 0. The number of carbonyl (C=O) groups is 1. The van der Waals surface area contributed by atoms with E-state index < -0.39 is 0 Å². The molecule has 0 aliphatic rings. The molecule has 2 heteroatoms. The van der Waals surface area contributed by atoms with Gasteiger partial charge in [-0.05, 0) is 38.5 Å². The topological polar surface area (TPSA) is 29.1 Å². The molecule has 20 heavy (non-hydrogen) atoms. The van der Waals surface area contributed by atoms with Crippen molar-refractivity contribution in [2.75, 3.05) is 0 Å². The maximum Gasteiger partial charge on any atom is 0.155 e. The van der Waals surface area contributed by atoms with Crippen molar-refractivity contribution in [3.05, 3.63) is 0 Å². The van der Waals surface area contributed by atoms with Gasteiger partial charge in [0.1, 0.15) is 0 Å². The van der Waals surface area contributed by atoms with Crippen LogP contribution in [0.4, 0.5) is 0 Å². The van der Waals surface area contributed by atoms with Gasteiger partial charge in [-0.1, -0.05) is 55.9 Å². The molecule has 0 aromatic rings. The van der Waals surface area contributed by atoms with E-state index in [1.54, 1.807) is 0 Å². The molecule has 0 aromatic carbocycles. The average Bonchev–Trinajstić information content (AvgIpc) is 2.11. The molecule has 0 amide bonds. The highest BCUT2D eigenvalue weighted by molar-refractivity contribution is 5.88. The van der Waals surface area contributed by atoms with Crippen LogP contribution >= 0.6 is 0 Å². The Morgan fingerprint density at radius 2 is 1.35 bits per heavy atom. The Morgan fingerprint density at radius 1 is 0.950 bits per heavy atom. The van der Waals surface area contributed by atoms with Crippen LogP contribution in [0.3, 0.4) is 0 Å². The van der Waals surface area contributed by atoms with E-state index >= 15 is 0 Å². The third kappa shape index (κ3) is 7.42. The quantitative estimate of drug-likeness (QED) is 0.764.